The largest absolute Gasteiger partial charge is 0.463 e. The highest BCUT2D eigenvalue weighted by molar-refractivity contribution is 6.32. The lowest BCUT2D eigenvalue weighted by Crippen LogP contribution is -2.25. The second-order valence-corrected chi connectivity index (χ2v) is 7.99. The minimum absolute atomic E-state index is 0.0172. The van der Waals surface area contributed by atoms with E-state index in [4.69, 9.17) is 37.1 Å². The monoisotopic (exact) mass is 403 g/mol. The summed E-state index contributed by atoms with van der Waals surface area (Å²) in [5, 5.41) is 0.104. The maximum Gasteiger partial charge on any atom is 0.425 e. The Balaban J connectivity index is 2.04. The molecular weight excluding hydrogens is 384 g/mol. The lowest BCUT2D eigenvalue weighted by Gasteiger charge is -2.24. The van der Waals surface area contributed by atoms with Crippen LogP contribution in [0.25, 0.3) is 5.69 Å². The van der Waals surface area contributed by atoms with Crippen LogP contribution in [0.1, 0.15) is 45.8 Å². The summed E-state index contributed by atoms with van der Waals surface area (Å²) in [5.74, 6) is -0.994. The normalized spacial score (nSPS) is 18.2. The van der Waals surface area contributed by atoms with Crippen molar-refractivity contribution < 1.29 is 18.3 Å². The molecule has 2 aromatic rings. The molecule has 26 heavy (non-hydrogen) atoms. The number of hydrogen-bond donors (Lipinski definition) is 0. The van der Waals surface area contributed by atoms with Crippen molar-refractivity contribution >= 4 is 23.2 Å². The summed E-state index contributed by atoms with van der Waals surface area (Å²) in [6.45, 7) is 6.12. The molecular formula is C18H20Cl2FNO4. The second-order valence-electron chi connectivity index (χ2n) is 7.22. The van der Waals surface area contributed by atoms with Crippen LogP contribution < -0.4 is 10.5 Å². The topological polar surface area (TPSA) is 53.6 Å². The predicted molar refractivity (Wildman–Crippen MR) is 97.2 cm³/mol. The molecule has 0 amide bonds. The van der Waals surface area contributed by atoms with Gasteiger partial charge in [-0.05, 0) is 18.9 Å². The summed E-state index contributed by atoms with van der Waals surface area (Å²) in [5.41, 5.74) is -0.603. The van der Waals surface area contributed by atoms with Crippen LogP contribution in [0.15, 0.2) is 21.3 Å². The van der Waals surface area contributed by atoms with Gasteiger partial charge in [0, 0.05) is 17.9 Å². The highest BCUT2D eigenvalue weighted by Crippen LogP contribution is 2.35. The number of halogens is 3. The fourth-order valence-corrected chi connectivity index (χ4v) is 3.43. The van der Waals surface area contributed by atoms with Crippen molar-refractivity contribution in [3.05, 3.63) is 44.4 Å². The minimum atomic E-state index is -0.777. The maximum absolute atomic E-state index is 14.5. The lowest BCUT2D eigenvalue weighted by atomic mass is 9.94. The fourth-order valence-electron chi connectivity index (χ4n) is 2.75. The van der Waals surface area contributed by atoms with Gasteiger partial charge in [0.15, 0.2) is 17.2 Å². The quantitative estimate of drug-likeness (QED) is 0.716. The molecule has 1 aliphatic rings. The zero-order chi connectivity index (χ0) is 19.1. The molecule has 5 nitrogen and oxygen atoms in total. The summed E-state index contributed by atoms with van der Waals surface area (Å²) in [6.07, 6.45) is 2.20. The predicted octanol–water partition coefficient (Wildman–Crippen LogP) is 5.08. The van der Waals surface area contributed by atoms with E-state index in [9.17, 15) is 9.18 Å². The van der Waals surface area contributed by atoms with E-state index in [1.807, 2.05) is 20.8 Å². The van der Waals surface area contributed by atoms with Crippen molar-refractivity contribution in [1.82, 2.24) is 4.57 Å². The van der Waals surface area contributed by atoms with Crippen molar-refractivity contribution in [3.8, 4) is 11.4 Å². The van der Waals surface area contributed by atoms with Crippen LogP contribution in [0.4, 0.5) is 4.39 Å². The Kier molecular flexibility index (Phi) is 5.37. The Labute approximate surface area is 160 Å². The Bertz CT molecular complexity index is 863. The zero-order valence-corrected chi connectivity index (χ0v) is 16.3. The SMILES string of the molecule is CC(C)(C)c1oc(=O)n(-c2cc(OC3CCCCO3)c(Cl)cc2F)c1Cl. The smallest absolute Gasteiger partial charge is 0.425 e. The van der Waals surface area contributed by atoms with Crippen molar-refractivity contribution in [3.63, 3.8) is 0 Å². The third kappa shape index (κ3) is 3.77. The van der Waals surface area contributed by atoms with Gasteiger partial charge in [-0.25, -0.2) is 13.8 Å². The molecule has 3 rings (SSSR count). The van der Waals surface area contributed by atoms with Crippen LogP contribution in [0.2, 0.25) is 10.2 Å². The lowest BCUT2D eigenvalue weighted by molar-refractivity contribution is -0.105. The third-order valence-corrected chi connectivity index (χ3v) is 4.71. The third-order valence-electron chi connectivity index (χ3n) is 4.08. The summed E-state index contributed by atoms with van der Waals surface area (Å²) >= 11 is 12.4. The summed E-state index contributed by atoms with van der Waals surface area (Å²) in [4.78, 5) is 12.3. The van der Waals surface area contributed by atoms with E-state index in [1.165, 1.54) is 6.07 Å². The number of rotatable bonds is 3. The van der Waals surface area contributed by atoms with Crippen LogP contribution in [0.3, 0.4) is 0 Å². The average molecular weight is 404 g/mol. The number of oxazole rings is 1. The van der Waals surface area contributed by atoms with Gasteiger partial charge in [0.05, 0.1) is 17.3 Å². The van der Waals surface area contributed by atoms with Gasteiger partial charge in [-0.3, -0.25) is 0 Å². The van der Waals surface area contributed by atoms with Gasteiger partial charge in [-0.15, -0.1) is 0 Å². The number of hydrogen-bond acceptors (Lipinski definition) is 4. The van der Waals surface area contributed by atoms with Crippen LogP contribution in [0.5, 0.6) is 5.75 Å². The van der Waals surface area contributed by atoms with E-state index in [0.29, 0.717) is 13.0 Å². The van der Waals surface area contributed by atoms with Gasteiger partial charge in [0.2, 0.25) is 0 Å². The minimum Gasteiger partial charge on any atom is -0.463 e. The molecule has 2 heterocycles. The molecule has 1 atom stereocenters. The van der Waals surface area contributed by atoms with Crippen molar-refractivity contribution in [2.24, 2.45) is 0 Å². The molecule has 1 aromatic heterocycles. The van der Waals surface area contributed by atoms with Gasteiger partial charge < -0.3 is 13.9 Å². The van der Waals surface area contributed by atoms with E-state index in [2.05, 4.69) is 0 Å². The first kappa shape index (κ1) is 19.3. The Morgan fingerprint density at radius 3 is 2.58 bits per heavy atom. The van der Waals surface area contributed by atoms with Crippen LogP contribution in [0, 0.1) is 5.82 Å². The first-order valence-corrected chi connectivity index (χ1v) is 9.13. The second kappa shape index (κ2) is 7.25. The van der Waals surface area contributed by atoms with E-state index in [-0.39, 0.29) is 27.4 Å². The van der Waals surface area contributed by atoms with E-state index in [0.717, 1.165) is 23.5 Å². The molecule has 1 unspecified atom stereocenters. The maximum atomic E-state index is 14.5. The molecule has 1 aromatic carbocycles. The number of benzene rings is 1. The molecule has 0 spiro atoms. The molecule has 8 heteroatoms. The molecule has 1 fully saturated rings. The number of ether oxygens (including phenoxy) is 2. The molecule has 0 saturated carbocycles. The average Bonchev–Trinajstić information content (AvgIpc) is 2.86. The molecule has 0 N–H and O–H groups in total. The highest BCUT2D eigenvalue weighted by atomic mass is 35.5. The summed E-state index contributed by atoms with van der Waals surface area (Å²) in [6, 6.07) is 2.42. The van der Waals surface area contributed by atoms with Gasteiger partial charge in [-0.2, -0.15) is 0 Å². The Morgan fingerprint density at radius 1 is 1.27 bits per heavy atom. The number of nitrogens with zero attached hydrogens (tertiary/aromatic N) is 1. The van der Waals surface area contributed by atoms with Gasteiger partial charge in [0.1, 0.15) is 11.6 Å². The van der Waals surface area contributed by atoms with Crippen molar-refractivity contribution in [2.45, 2.75) is 51.7 Å². The highest BCUT2D eigenvalue weighted by Gasteiger charge is 2.28. The number of aromatic nitrogens is 1. The molecule has 1 saturated heterocycles. The molecule has 142 valence electrons. The molecule has 1 aliphatic heterocycles. The first-order valence-electron chi connectivity index (χ1n) is 8.38. The van der Waals surface area contributed by atoms with E-state index >= 15 is 0 Å². The van der Waals surface area contributed by atoms with E-state index in [1.54, 1.807) is 0 Å². The zero-order valence-electron chi connectivity index (χ0n) is 14.8. The van der Waals surface area contributed by atoms with Crippen LogP contribution in [-0.4, -0.2) is 17.5 Å². The first-order chi connectivity index (χ1) is 12.2. The molecule has 0 bridgehead atoms. The van der Waals surface area contributed by atoms with E-state index < -0.39 is 23.3 Å². The standard InChI is InChI=1S/C18H20Cl2FNO4/c1-18(2,3)15-16(20)22(17(23)26-15)12-9-13(10(19)8-11(12)21)25-14-6-4-5-7-24-14/h8-9,14H,4-7H2,1-3H3. The Morgan fingerprint density at radius 2 is 2.00 bits per heavy atom. The van der Waals surface area contributed by atoms with Crippen LogP contribution in [-0.2, 0) is 10.2 Å². The van der Waals surface area contributed by atoms with Gasteiger partial charge >= 0.3 is 5.76 Å². The molecule has 0 radical (unpaired) electrons. The summed E-state index contributed by atoms with van der Waals surface area (Å²) < 4.78 is 32.0. The van der Waals surface area contributed by atoms with Crippen molar-refractivity contribution in [2.75, 3.05) is 6.61 Å². The van der Waals surface area contributed by atoms with Gasteiger partial charge in [0.25, 0.3) is 0 Å². The summed E-state index contributed by atoms with van der Waals surface area (Å²) in [7, 11) is 0. The van der Waals surface area contributed by atoms with Crippen molar-refractivity contribution in [1.29, 1.82) is 0 Å². The molecule has 0 aliphatic carbocycles. The Hall–Kier alpha value is -1.50. The van der Waals surface area contributed by atoms with Crippen LogP contribution >= 0.6 is 23.2 Å². The van der Waals surface area contributed by atoms with Gasteiger partial charge in [-0.1, -0.05) is 44.0 Å². The fraction of sp³-hybridized carbons (Fsp3) is 0.500.